The molecule has 0 atom stereocenters. The maximum atomic E-state index is 4.01. The van der Waals surface area contributed by atoms with Gasteiger partial charge >= 0.3 is 0 Å². The minimum absolute atomic E-state index is 1.11. The zero-order valence-electron chi connectivity index (χ0n) is 8.28. The molecular formula is C10H8S6. The minimum atomic E-state index is 1.11. The Kier molecular flexibility index (Phi) is 3.77. The van der Waals surface area contributed by atoms with Crippen molar-refractivity contribution in [3.63, 3.8) is 0 Å². The van der Waals surface area contributed by atoms with Gasteiger partial charge in [-0.2, -0.15) is 0 Å². The highest BCUT2D eigenvalue weighted by Crippen LogP contribution is 2.65. The first-order valence-electron chi connectivity index (χ1n) is 4.58. The van der Waals surface area contributed by atoms with Crippen molar-refractivity contribution in [3.05, 3.63) is 39.9 Å². The lowest BCUT2D eigenvalue weighted by Gasteiger charge is -2.08. The van der Waals surface area contributed by atoms with E-state index in [0.29, 0.717) is 0 Å². The second-order valence-corrected chi connectivity index (χ2v) is 10.6. The van der Waals surface area contributed by atoms with Crippen LogP contribution in [0.15, 0.2) is 39.9 Å². The Bertz CT molecular complexity index is 406. The van der Waals surface area contributed by atoms with E-state index in [2.05, 4.69) is 13.2 Å². The Morgan fingerprint density at radius 2 is 1.06 bits per heavy atom. The molecule has 0 N–H and O–H groups in total. The molecule has 3 heterocycles. The average Bonchev–Trinajstić information content (AvgIpc) is 2.83. The van der Waals surface area contributed by atoms with Crippen LogP contribution in [0.25, 0.3) is 0 Å². The van der Waals surface area contributed by atoms with Crippen molar-refractivity contribution in [1.29, 1.82) is 0 Å². The van der Waals surface area contributed by atoms with Crippen LogP contribution < -0.4 is 0 Å². The molecule has 0 bridgehead atoms. The monoisotopic (exact) mass is 320 g/mol. The van der Waals surface area contributed by atoms with E-state index in [4.69, 9.17) is 0 Å². The molecule has 0 unspecified atom stereocenters. The van der Waals surface area contributed by atoms with Gasteiger partial charge in [0, 0.05) is 21.3 Å². The fourth-order valence-electron chi connectivity index (χ4n) is 1.24. The van der Waals surface area contributed by atoms with Crippen molar-refractivity contribution in [2.75, 3.05) is 11.5 Å². The second-order valence-electron chi connectivity index (χ2n) is 3.10. The van der Waals surface area contributed by atoms with Crippen molar-refractivity contribution in [3.8, 4) is 0 Å². The van der Waals surface area contributed by atoms with Gasteiger partial charge in [-0.05, 0) is 0 Å². The van der Waals surface area contributed by atoms with Gasteiger partial charge in [-0.25, -0.2) is 0 Å². The maximum Gasteiger partial charge on any atom is 0.0717 e. The van der Waals surface area contributed by atoms with Crippen molar-refractivity contribution < 1.29 is 0 Å². The van der Waals surface area contributed by atoms with E-state index in [1.54, 1.807) is 23.5 Å². The third kappa shape index (κ3) is 2.29. The van der Waals surface area contributed by atoms with Crippen molar-refractivity contribution >= 4 is 70.6 Å². The summed E-state index contributed by atoms with van der Waals surface area (Å²) < 4.78 is 5.82. The SMILES string of the molecule is C=C1SC(=C2SC3=C(SCCS3)S2)SC1=C. The molecular weight excluding hydrogens is 313 g/mol. The van der Waals surface area contributed by atoms with Crippen LogP contribution in [0.1, 0.15) is 0 Å². The molecule has 1 saturated heterocycles. The highest BCUT2D eigenvalue weighted by molar-refractivity contribution is 8.43. The summed E-state index contributed by atoms with van der Waals surface area (Å²) >= 11 is 11.4. The predicted molar refractivity (Wildman–Crippen MR) is 87.6 cm³/mol. The fourth-order valence-corrected chi connectivity index (χ4v) is 9.71. The minimum Gasteiger partial charge on any atom is -0.116 e. The Morgan fingerprint density at radius 1 is 0.625 bits per heavy atom. The van der Waals surface area contributed by atoms with Gasteiger partial charge in [0.1, 0.15) is 0 Å². The molecule has 0 aromatic carbocycles. The van der Waals surface area contributed by atoms with Gasteiger partial charge in [0.2, 0.25) is 0 Å². The molecule has 3 aliphatic heterocycles. The normalized spacial score (nSPS) is 25.8. The summed E-state index contributed by atoms with van der Waals surface area (Å²) in [5, 5.41) is 0. The lowest BCUT2D eigenvalue weighted by molar-refractivity contribution is 1.56. The molecule has 6 heteroatoms. The van der Waals surface area contributed by atoms with Crippen LogP contribution in [0.4, 0.5) is 0 Å². The highest BCUT2D eigenvalue weighted by atomic mass is 32.3. The van der Waals surface area contributed by atoms with Crippen LogP contribution in [0.3, 0.4) is 0 Å². The third-order valence-corrected chi connectivity index (χ3v) is 10.7. The molecule has 0 saturated carbocycles. The van der Waals surface area contributed by atoms with E-state index in [0.717, 1.165) is 9.81 Å². The fraction of sp³-hybridized carbons (Fsp3) is 0.200. The van der Waals surface area contributed by atoms with E-state index in [-0.39, 0.29) is 0 Å². The highest BCUT2D eigenvalue weighted by Gasteiger charge is 2.30. The van der Waals surface area contributed by atoms with E-state index in [1.807, 2.05) is 47.0 Å². The van der Waals surface area contributed by atoms with E-state index in [9.17, 15) is 0 Å². The van der Waals surface area contributed by atoms with E-state index < -0.39 is 0 Å². The zero-order valence-corrected chi connectivity index (χ0v) is 13.2. The molecule has 0 nitrogen and oxygen atoms in total. The topological polar surface area (TPSA) is 0 Å². The van der Waals surface area contributed by atoms with Gasteiger partial charge in [0.25, 0.3) is 0 Å². The molecule has 16 heavy (non-hydrogen) atoms. The number of thioether (sulfide) groups is 6. The molecule has 1 fully saturated rings. The van der Waals surface area contributed by atoms with E-state index >= 15 is 0 Å². The smallest absolute Gasteiger partial charge is 0.0717 e. The molecule has 3 aliphatic rings. The van der Waals surface area contributed by atoms with Gasteiger partial charge in [-0.15, -0.1) is 23.5 Å². The van der Waals surface area contributed by atoms with Gasteiger partial charge in [0.05, 0.1) is 16.9 Å². The first kappa shape index (κ1) is 12.1. The quantitative estimate of drug-likeness (QED) is 0.557. The van der Waals surface area contributed by atoms with Crippen LogP contribution in [0.2, 0.25) is 0 Å². The van der Waals surface area contributed by atoms with Gasteiger partial charge in [-0.3, -0.25) is 0 Å². The molecule has 0 radical (unpaired) electrons. The van der Waals surface area contributed by atoms with Crippen molar-refractivity contribution in [2.24, 2.45) is 0 Å². The lowest BCUT2D eigenvalue weighted by atomic mass is 10.6. The summed E-state index contributed by atoms with van der Waals surface area (Å²) in [6.45, 7) is 8.03. The standard InChI is InChI=1S/C10H8S6/c1-5-6(2)14-9(13-5)10-15-7-8(16-10)12-4-3-11-7/h1-4H2. The van der Waals surface area contributed by atoms with Gasteiger partial charge in [-0.1, -0.05) is 60.2 Å². The molecule has 3 rings (SSSR count). The van der Waals surface area contributed by atoms with Gasteiger partial charge < -0.3 is 0 Å². The third-order valence-electron chi connectivity index (χ3n) is 2.00. The lowest BCUT2D eigenvalue weighted by Crippen LogP contribution is -1.88. The summed E-state index contributed by atoms with van der Waals surface area (Å²) in [6, 6.07) is 0. The summed E-state index contributed by atoms with van der Waals surface area (Å²) in [5.74, 6) is 2.50. The van der Waals surface area contributed by atoms with Crippen molar-refractivity contribution in [1.82, 2.24) is 0 Å². The van der Waals surface area contributed by atoms with Crippen LogP contribution in [-0.4, -0.2) is 11.5 Å². The molecule has 84 valence electrons. The van der Waals surface area contributed by atoms with Crippen LogP contribution in [0.5, 0.6) is 0 Å². The number of hydrogen-bond acceptors (Lipinski definition) is 6. The van der Waals surface area contributed by atoms with E-state index in [1.165, 1.54) is 28.5 Å². The first-order chi connectivity index (χ1) is 7.74. The van der Waals surface area contributed by atoms with Crippen molar-refractivity contribution in [2.45, 2.75) is 0 Å². The van der Waals surface area contributed by atoms with Gasteiger partial charge in [0.15, 0.2) is 0 Å². The first-order valence-corrected chi connectivity index (χ1v) is 9.81. The molecule has 0 aromatic rings. The second kappa shape index (κ2) is 4.97. The van der Waals surface area contributed by atoms with Crippen LogP contribution in [0, 0.1) is 0 Å². The summed E-state index contributed by atoms with van der Waals surface area (Å²) in [5.41, 5.74) is 0. The Hall–Kier alpha value is 1.06. The Labute approximate surface area is 121 Å². The Balaban J connectivity index is 1.83. The molecule has 0 aromatic heterocycles. The predicted octanol–water partition coefficient (Wildman–Crippen LogP) is 5.71. The zero-order chi connectivity index (χ0) is 11.1. The van der Waals surface area contributed by atoms with Crippen LogP contribution >= 0.6 is 70.6 Å². The Morgan fingerprint density at radius 3 is 1.56 bits per heavy atom. The molecule has 0 aliphatic carbocycles. The number of hydrogen-bond donors (Lipinski definition) is 0. The summed E-state index contributed by atoms with van der Waals surface area (Å²) in [7, 11) is 0. The summed E-state index contributed by atoms with van der Waals surface area (Å²) in [6.07, 6.45) is 0. The average molecular weight is 321 g/mol. The summed E-state index contributed by atoms with van der Waals surface area (Å²) in [4.78, 5) is 2.22. The molecule has 0 amide bonds. The number of rotatable bonds is 0. The van der Waals surface area contributed by atoms with Crippen LogP contribution in [-0.2, 0) is 0 Å². The molecule has 0 spiro atoms. The maximum absolute atomic E-state index is 4.01. The largest absolute Gasteiger partial charge is 0.116 e.